The van der Waals surface area contributed by atoms with Gasteiger partial charge in [-0.15, -0.1) is 11.3 Å². The Morgan fingerprint density at radius 3 is 1.50 bits per heavy atom. The van der Waals surface area contributed by atoms with Crippen LogP contribution >= 0.6 is 34.3 Å². The van der Waals surface area contributed by atoms with Gasteiger partial charge in [0.15, 0.2) is 0 Å². The Balaban J connectivity index is 0.000000171. The molecule has 6 heterocycles. The summed E-state index contributed by atoms with van der Waals surface area (Å²) in [7, 11) is 0. The van der Waals surface area contributed by atoms with E-state index in [0.717, 1.165) is 54.2 Å². The molecule has 0 bridgehead atoms. The molecule has 2 saturated heterocycles. The van der Waals surface area contributed by atoms with E-state index in [0.29, 0.717) is 69.2 Å². The second-order valence-electron chi connectivity index (χ2n) is 18.7. The summed E-state index contributed by atoms with van der Waals surface area (Å²) in [5.74, 6) is -2.63. The minimum Gasteiger partial charge on any atom is -0.378 e. The van der Waals surface area contributed by atoms with Crippen molar-refractivity contribution in [3.8, 4) is 10.7 Å². The number of halogens is 5. The molecule has 4 aromatic rings. The van der Waals surface area contributed by atoms with Crippen LogP contribution in [0.25, 0.3) is 10.7 Å². The van der Waals surface area contributed by atoms with E-state index >= 15 is 0 Å². The topological polar surface area (TPSA) is 126 Å². The van der Waals surface area contributed by atoms with E-state index < -0.39 is 30.2 Å². The van der Waals surface area contributed by atoms with E-state index in [-0.39, 0.29) is 37.8 Å². The van der Waals surface area contributed by atoms with Gasteiger partial charge in [0, 0.05) is 87.2 Å². The molecule has 0 aromatic carbocycles. The van der Waals surface area contributed by atoms with Gasteiger partial charge in [-0.2, -0.15) is 9.97 Å². The van der Waals surface area contributed by atoms with E-state index in [9.17, 15) is 17.6 Å². The molecule has 0 atom stereocenters. The molecule has 2 saturated carbocycles. The predicted octanol–water partition coefficient (Wildman–Crippen LogP) is 12.2. The van der Waals surface area contributed by atoms with Crippen molar-refractivity contribution in [1.82, 2.24) is 29.9 Å². The minimum atomic E-state index is -2.54. The number of hydrogen-bond acceptors (Lipinski definition) is 14. The van der Waals surface area contributed by atoms with Crippen molar-refractivity contribution in [2.45, 2.75) is 162 Å². The molecular formula is C48H73ClF4N10O2S2Sn. The molecule has 378 valence electrons. The van der Waals surface area contributed by atoms with Crippen molar-refractivity contribution < 1.29 is 27.0 Å². The molecule has 4 aliphatic rings. The summed E-state index contributed by atoms with van der Waals surface area (Å²) in [6, 6.07) is 3.60. The number of nitrogens with one attached hydrogen (secondary N) is 2. The van der Waals surface area contributed by atoms with Gasteiger partial charge >= 0.3 is 128 Å². The summed E-state index contributed by atoms with van der Waals surface area (Å²) in [5, 5.41) is 11.9. The smallest absolute Gasteiger partial charge is 0.248 e. The number of thiazole rings is 2. The molecule has 2 aliphatic heterocycles. The van der Waals surface area contributed by atoms with Crippen LogP contribution < -0.4 is 23.5 Å². The number of morpholine rings is 2. The van der Waals surface area contributed by atoms with E-state index in [4.69, 9.17) is 26.1 Å². The van der Waals surface area contributed by atoms with E-state index in [1.807, 2.05) is 29.7 Å². The maximum Gasteiger partial charge on any atom is 0.248 e. The van der Waals surface area contributed by atoms with Crippen LogP contribution in [-0.4, -0.2) is 125 Å². The molecule has 4 fully saturated rings. The van der Waals surface area contributed by atoms with Crippen LogP contribution in [0.15, 0.2) is 22.9 Å². The molecule has 4 aromatic heterocycles. The van der Waals surface area contributed by atoms with Crippen LogP contribution in [0, 0.1) is 13.8 Å². The largest absolute Gasteiger partial charge is 0.378 e. The Bertz CT molecular complexity index is 2090. The molecule has 20 heteroatoms. The zero-order valence-corrected chi connectivity index (χ0v) is 46.0. The molecule has 2 aliphatic carbocycles. The van der Waals surface area contributed by atoms with Gasteiger partial charge in [0.1, 0.15) is 27.5 Å². The second kappa shape index (κ2) is 26.7. The monoisotopic (exact) mass is 1120 g/mol. The summed E-state index contributed by atoms with van der Waals surface area (Å²) < 4.78 is 70.2. The summed E-state index contributed by atoms with van der Waals surface area (Å²) in [5.41, 5.74) is 2.96. The van der Waals surface area contributed by atoms with Gasteiger partial charge < -0.3 is 29.9 Å². The normalized spacial score (nSPS) is 18.9. The fourth-order valence-electron chi connectivity index (χ4n) is 9.03. The maximum atomic E-state index is 13.4. The number of nitrogens with zero attached hydrogens (tertiary/aromatic N) is 8. The fraction of sp³-hybridized carbons (Fsp3) is 0.708. The van der Waals surface area contributed by atoms with Gasteiger partial charge in [-0.3, -0.25) is 0 Å². The van der Waals surface area contributed by atoms with Crippen LogP contribution in [0.2, 0.25) is 18.5 Å². The first kappa shape index (κ1) is 54.7. The number of ether oxygens (including phenoxy) is 2. The van der Waals surface area contributed by atoms with Gasteiger partial charge in [0.2, 0.25) is 23.7 Å². The molecule has 0 radical (unpaired) electrons. The van der Waals surface area contributed by atoms with Crippen molar-refractivity contribution in [3.05, 3.63) is 39.4 Å². The molecule has 68 heavy (non-hydrogen) atoms. The van der Waals surface area contributed by atoms with Crippen molar-refractivity contribution >= 4 is 79.2 Å². The number of anilines is 4. The maximum absolute atomic E-state index is 13.4. The molecular weight excluding hydrogens is 1040 g/mol. The van der Waals surface area contributed by atoms with Crippen molar-refractivity contribution in [2.24, 2.45) is 0 Å². The first-order valence-corrected chi connectivity index (χ1v) is 34.5. The minimum absolute atomic E-state index is 0.0318. The number of aromatic nitrogens is 6. The second-order valence-corrected chi connectivity index (χ2v) is 34.8. The van der Waals surface area contributed by atoms with Crippen molar-refractivity contribution in [3.63, 3.8) is 0 Å². The Kier molecular flexibility index (Phi) is 21.5. The van der Waals surface area contributed by atoms with E-state index in [1.165, 1.54) is 57.5 Å². The Morgan fingerprint density at radius 2 is 1.07 bits per heavy atom. The van der Waals surface area contributed by atoms with Crippen LogP contribution in [-0.2, 0) is 9.47 Å². The first-order valence-electron chi connectivity index (χ1n) is 24.9. The van der Waals surface area contributed by atoms with Gasteiger partial charge in [-0.05, 0) is 32.6 Å². The number of rotatable bonds is 17. The summed E-state index contributed by atoms with van der Waals surface area (Å²) in [6.07, 6.45) is 9.64. The van der Waals surface area contributed by atoms with Crippen LogP contribution in [0.3, 0.4) is 0 Å². The van der Waals surface area contributed by atoms with Crippen LogP contribution in [0.1, 0.15) is 122 Å². The van der Waals surface area contributed by atoms with E-state index in [1.54, 1.807) is 20.4 Å². The third-order valence-corrected chi connectivity index (χ3v) is 33.1. The van der Waals surface area contributed by atoms with Crippen molar-refractivity contribution in [1.29, 1.82) is 0 Å². The Labute approximate surface area is 418 Å². The molecule has 8 rings (SSSR count). The molecule has 0 amide bonds. The number of alkyl halides is 4. The predicted molar refractivity (Wildman–Crippen MR) is 274 cm³/mol. The fourth-order valence-corrected chi connectivity index (χ4v) is 29.4. The van der Waals surface area contributed by atoms with Crippen LogP contribution in [0.5, 0.6) is 0 Å². The Morgan fingerprint density at radius 1 is 0.632 bits per heavy atom. The first-order chi connectivity index (χ1) is 32.7. The van der Waals surface area contributed by atoms with Gasteiger partial charge in [0.25, 0.3) is 0 Å². The number of aryl methyl sites for hydroxylation is 2. The zero-order chi connectivity index (χ0) is 48.6. The number of hydrogen-bond donors (Lipinski definition) is 2. The number of unbranched alkanes of at least 4 members (excludes halogenated alkanes) is 3. The van der Waals surface area contributed by atoms with Crippen LogP contribution in [0.4, 0.5) is 41.1 Å². The Hall–Kier alpha value is -2.65. The SMILES string of the molecule is CCC[CH2][Sn]([CH2]CCC)([CH2]CCC)[c]1nc(C)cs1.Cc1csc(-c2cc(N3CCOCC3)nc(NC3CCC(F)(F)CC3)n2)n1.FC1(F)CCC(Nc2nc(Cl)cc(N3CCOCC3)n2)CC1. The average Bonchev–Trinajstić information content (AvgIpc) is 3.99. The average molecular weight is 1120 g/mol. The summed E-state index contributed by atoms with van der Waals surface area (Å²) >= 11 is 7.43. The van der Waals surface area contributed by atoms with Gasteiger partial charge in [0.05, 0.1) is 26.4 Å². The van der Waals surface area contributed by atoms with Crippen molar-refractivity contribution in [2.75, 3.05) is 73.0 Å². The molecule has 2 N–H and O–H groups in total. The molecule has 12 nitrogen and oxygen atoms in total. The third kappa shape index (κ3) is 17.0. The van der Waals surface area contributed by atoms with E-state index in [2.05, 4.69) is 78.4 Å². The summed E-state index contributed by atoms with van der Waals surface area (Å²) in [4.78, 5) is 31.6. The third-order valence-electron chi connectivity index (χ3n) is 13.1. The quantitative estimate of drug-likeness (QED) is 0.0594. The molecule has 0 spiro atoms. The zero-order valence-electron chi connectivity index (χ0n) is 40.7. The standard InChI is InChI=1S/C18H23F2N5OS.C14H19ClF2N4O.C4H4NS.3C4H9.Sn/c1-12-11-27-16(21-12)14-10-15(25-6-8-26-9-7-25)24-17(23-14)22-13-2-4-18(19,20)5-3-13;15-11-9-12(21-5-7-22-8-6-21)20-13(19-11)18-10-1-3-14(16,17)4-2-10;1-4-2-6-3-5-4;3*1-3-4-2;/h10-11,13H,2-9H2,1H3,(H,22,23,24);9-10H,1-8H2,(H,18,19,20);2H,1H3;3*1,3-4H2,2H3;. The van der Waals surface area contributed by atoms with Gasteiger partial charge in [-0.25, -0.2) is 32.5 Å². The molecule has 0 unspecified atom stereocenters. The van der Waals surface area contributed by atoms with Gasteiger partial charge in [-0.1, -0.05) is 11.6 Å². The summed E-state index contributed by atoms with van der Waals surface area (Å²) in [6.45, 7) is 16.8.